The summed E-state index contributed by atoms with van der Waals surface area (Å²) in [7, 11) is 1.50. The maximum atomic E-state index is 12.7. The van der Waals surface area contributed by atoms with Gasteiger partial charge in [0.05, 0.1) is 17.7 Å². The summed E-state index contributed by atoms with van der Waals surface area (Å²) >= 11 is 0. The SMILES string of the molecule is COc1cccc(-n2c(=O)[nH]c3c(C(N)=O)nc(-c4ccc([N+](=O)[O-])cc4)nc32)c1. The zero-order valence-corrected chi connectivity index (χ0v) is 15.5. The van der Waals surface area contributed by atoms with E-state index in [0.29, 0.717) is 17.0 Å². The molecule has 0 saturated carbocycles. The van der Waals surface area contributed by atoms with Gasteiger partial charge in [-0.15, -0.1) is 0 Å². The van der Waals surface area contributed by atoms with E-state index in [1.165, 1.54) is 35.9 Å². The van der Waals surface area contributed by atoms with Gasteiger partial charge in [-0.25, -0.2) is 19.3 Å². The molecule has 1 amide bonds. The van der Waals surface area contributed by atoms with Crippen LogP contribution in [0.15, 0.2) is 53.3 Å². The molecule has 0 bridgehead atoms. The van der Waals surface area contributed by atoms with Gasteiger partial charge in [0.2, 0.25) is 0 Å². The predicted octanol–water partition coefficient (Wildman–Crippen LogP) is 1.79. The molecule has 11 nitrogen and oxygen atoms in total. The highest BCUT2D eigenvalue weighted by atomic mass is 16.6. The number of aromatic nitrogens is 4. The molecule has 11 heteroatoms. The highest BCUT2D eigenvalue weighted by Gasteiger charge is 2.20. The van der Waals surface area contributed by atoms with E-state index in [1.54, 1.807) is 24.3 Å². The summed E-state index contributed by atoms with van der Waals surface area (Å²) in [6, 6.07) is 12.2. The van der Waals surface area contributed by atoms with Gasteiger partial charge >= 0.3 is 5.69 Å². The minimum atomic E-state index is -0.857. The number of nitro groups is 1. The fourth-order valence-corrected chi connectivity index (χ4v) is 3.01. The molecule has 0 saturated heterocycles. The van der Waals surface area contributed by atoms with Gasteiger partial charge in [0.15, 0.2) is 17.2 Å². The second kappa shape index (κ2) is 7.13. The Bertz CT molecular complexity index is 1360. The van der Waals surface area contributed by atoms with Crippen molar-refractivity contribution in [3.63, 3.8) is 0 Å². The normalized spacial score (nSPS) is 10.8. The van der Waals surface area contributed by atoms with Crippen molar-refractivity contribution in [2.24, 2.45) is 5.73 Å². The number of nitrogens with zero attached hydrogens (tertiary/aromatic N) is 4. The molecule has 0 unspecified atom stereocenters. The zero-order valence-electron chi connectivity index (χ0n) is 15.5. The number of aromatic amines is 1. The lowest BCUT2D eigenvalue weighted by molar-refractivity contribution is -0.384. The zero-order chi connectivity index (χ0) is 21.4. The lowest BCUT2D eigenvalue weighted by atomic mass is 10.2. The second-order valence-corrected chi connectivity index (χ2v) is 6.23. The van der Waals surface area contributed by atoms with Gasteiger partial charge in [-0.3, -0.25) is 14.9 Å². The van der Waals surface area contributed by atoms with Crippen LogP contribution in [0.1, 0.15) is 10.5 Å². The molecule has 0 fully saturated rings. The molecule has 0 spiro atoms. The Hall–Kier alpha value is -4.54. The van der Waals surface area contributed by atoms with Crippen molar-refractivity contribution in [1.82, 2.24) is 19.5 Å². The van der Waals surface area contributed by atoms with E-state index in [1.807, 2.05) is 0 Å². The number of nitro benzene ring substituents is 1. The number of benzene rings is 2. The average molecular weight is 406 g/mol. The number of fused-ring (bicyclic) bond motifs is 1. The third-order valence-corrected chi connectivity index (χ3v) is 4.42. The van der Waals surface area contributed by atoms with E-state index in [9.17, 15) is 19.7 Å². The van der Waals surface area contributed by atoms with E-state index in [-0.39, 0.29) is 28.4 Å². The maximum Gasteiger partial charge on any atom is 0.332 e. The van der Waals surface area contributed by atoms with Gasteiger partial charge in [0, 0.05) is 23.8 Å². The van der Waals surface area contributed by atoms with Gasteiger partial charge in [-0.1, -0.05) is 6.07 Å². The van der Waals surface area contributed by atoms with Gasteiger partial charge in [0.1, 0.15) is 11.3 Å². The van der Waals surface area contributed by atoms with Crippen LogP contribution >= 0.6 is 0 Å². The molecule has 0 aliphatic carbocycles. The third-order valence-electron chi connectivity index (χ3n) is 4.42. The fourth-order valence-electron chi connectivity index (χ4n) is 3.01. The number of H-pyrrole nitrogens is 1. The molecule has 2 aromatic heterocycles. The Morgan fingerprint density at radius 2 is 1.93 bits per heavy atom. The minimum absolute atomic E-state index is 0.0842. The number of nitrogens with two attached hydrogens (primary N) is 1. The van der Waals surface area contributed by atoms with Crippen molar-refractivity contribution in [3.8, 4) is 22.8 Å². The van der Waals surface area contributed by atoms with Crippen molar-refractivity contribution < 1.29 is 14.5 Å². The maximum absolute atomic E-state index is 12.7. The van der Waals surface area contributed by atoms with E-state index < -0.39 is 16.5 Å². The number of carbonyl (C=O) groups excluding carboxylic acids is 1. The van der Waals surface area contributed by atoms with Crippen LogP contribution in [0.4, 0.5) is 5.69 Å². The van der Waals surface area contributed by atoms with Crippen LogP contribution in [0.25, 0.3) is 28.2 Å². The molecule has 0 aliphatic heterocycles. The number of ether oxygens (including phenoxy) is 1. The number of hydrogen-bond acceptors (Lipinski definition) is 7. The minimum Gasteiger partial charge on any atom is -0.497 e. The Labute approximate surface area is 167 Å². The Morgan fingerprint density at radius 1 is 1.20 bits per heavy atom. The van der Waals surface area contributed by atoms with Gasteiger partial charge in [0.25, 0.3) is 11.6 Å². The lowest BCUT2D eigenvalue weighted by Gasteiger charge is -2.07. The number of non-ortho nitro benzene ring substituents is 1. The first-order valence-electron chi connectivity index (χ1n) is 8.61. The molecular weight excluding hydrogens is 392 g/mol. The van der Waals surface area contributed by atoms with E-state index >= 15 is 0 Å². The molecule has 0 atom stereocenters. The van der Waals surface area contributed by atoms with E-state index in [4.69, 9.17) is 10.5 Å². The molecule has 4 aromatic rings. The van der Waals surface area contributed by atoms with E-state index in [2.05, 4.69) is 15.0 Å². The van der Waals surface area contributed by atoms with Gasteiger partial charge in [-0.05, 0) is 24.3 Å². The molecule has 30 heavy (non-hydrogen) atoms. The molecule has 0 aliphatic rings. The number of methoxy groups -OCH3 is 1. The largest absolute Gasteiger partial charge is 0.497 e. The van der Waals surface area contributed by atoms with Gasteiger partial charge in [-0.2, -0.15) is 0 Å². The van der Waals surface area contributed by atoms with Crippen LogP contribution in [-0.4, -0.2) is 37.5 Å². The summed E-state index contributed by atoms with van der Waals surface area (Å²) in [4.78, 5) is 46.1. The topological polar surface area (TPSA) is 159 Å². The van der Waals surface area contributed by atoms with Crippen molar-refractivity contribution in [2.75, 3.05) is 7.11 Å². The molecular formula is C19H14N6O5. The van der Waals surface area contributed by atoms with Crippen LogP contribution in [0.3, 0.4) is 0 Å². The Morgan fingerprint density at radius 3 is 2.57 bits per heavy atom. The summed E-state index contributed by atoms with van der Waals surface area (Å²) in [6.45, 7) is 0. The molecule has 150 valence electrons. The number of rotatable bonds is 5. The first-order valence-corrected chi connectivity index (χ1v) is 8.61. The van der Waals surface area contributed by atoms with Crippen LogP contribution in [0.5, 0.6) is 5.75 Å². The molecule has 3 N–H and O–H groups in total. The second-order valence-electron chi connectivity index (χ2n) is 6.23. The summed E-state index contributed by atoms with van der Waals surface area (Å²) in [5.74, 6) is -0.250. The first-order chi connectivity index (χ1) is 14.4. The standard InChI is InChI=1S/C19H14N6O5/c1-30-13-4-2-3-12(9-13)24-18-15(22-19(24)27)14(16(20)26)21-17(23-18)10-5-7-11(8-6-10)25(28)29/h2-9H,1H3,(H2,20,26)(H,22,27). The molecule has 2 heterocycles. The Balaban J connectivity index is 1.99. The van der Waals surface area contributed by atoms with Crippen molar-refractivity contribution in [3.05, 3.63) is 74.8 Å². The number of carbonyl (C=O) groups is 1. The number of hydrogen-bond donors (Lipinski definition) is 2. The third kappa shape index (κ3) is 3.13. The van der Waals surface area contributed by atoms with E-state index in [0.717, 1.165) is 0 Å². The summed E-state index contributed by atoms with van der Waals surface area (Å²) in [5, 5.41) is 10.9. The van der Waals surface area contributed by atoms with Crippen LogP contribution < -0.4 is 16.2 Å². The molecule has 4 rings (SSSR count). The monoisotopic (exact) mass is 406 g/mol. The predicted molar refractivity (Wildman–Crippen MR) is 107 cm³/mol. The molecule has 0 radical (unpaired) electrons. The molecule has 2 aromatic carbocycles. The number of nitrogens with one attached hydrogen (secondary N) is 1. The average Bonchev–Trinajstić information content (AvgIpc) is 3.08. The highest BCUT2D eigenvalue weighted by Crippen LogP contribution is 2.24. The number of amides is 1. The first kappa shape index (κ1) is 18.8. The number of imidazole rings is 1. The van der Waals surface area contributed by atoms with Gasteiger partial charge < -0.3 is 15.5 Å². The lowest BCUT2D eigenvalue weighted by Crippen LogP contribution is -2.15. The van der Waals surface area contributed by atoms with Crippen LogP contribution in [0.2, 0.25) is 0 Å². The number of primary amides is 1. The van der Waals surface area contributed by atoms with Crippen molar-refractivity contribution in [2.45, 2.75) is 0 Å². The smallest absolute Gasteiger partial charge is 0.332 e. The summed E-state index contributed by atoms with van der Waals surface area (Å²) < 4.78 is 6.47. The quantitative estimate of drug-likeness (QED) is 0.377. The summed E-state index contributed by atoms with van der Waals surface area (Å²) in [5.41, 5.74) is 5.72. The van der Waals surface area contributed by atoms with Crippen molar-refractivity contribution >= 4 is 22.8 Å². The summed E-state index contributed by atoms with van der Waals surface area (Å²) in [6.07, 6.45) is 0. The Kier molecular flexibility index (Phi) is 4.47. The van der Waals surface area contributed by atoms with Crippen LogP contribution in [0, 0.1) is 10.1 Å². The fraction of sp³-hybridized carbons (Fsp3) is 0.0526. The van der Waals surface area contributed by atoms with Crippen LogP contribution in [-0.2, 0) is 0 Å². The highest BCUT2D eigenvalue weighted by molar-refractivity contribution is 6.02. The van der Waals surface area contributed by atoms with Crippen molar-refractivity contribution in [1.29, 1.82) is 0 Å².